The molecule has 142 valence electrons. The molecule has 3 N–H and O–H groups in total. The van der Waals surface area contributed by atoms with Crippen molar-refractivity contribution in [1.82, 2.24) is 9.97 Å². The average molecular weight is 381 g/mol. The number of aryl methyl sites for hydroxylation is 1. The molecule has 2 aromatic carbocycles. The van der Waals surface area contributed by atoms with Crippen LogP contribution in [0.2, 0.25) is 0 Å². The fourth-order valence-electron chi connectivity index (χ4n) is 2.37. The van der Waals surface area contributed by atoms with Crippen molar-refractivity contribution < 1.29 is 9.85 Å². The number of nitrogens with zero attached hydrogens (tertiary/aromatic N) is 4. The summed E-state index contributed by atoms with van der Waals surface area (Å²) in [5, 5.41) is 25.2. The minimum absolute atomic E-state index is 0.0299. The first-order chi connectivity index (χ1) is 13.5. The number of aromatic nitrogens is 2. The Bertz CT molecular complexity index is 1020. The predicted octanol–water partition coefficient (Wildman–Crippen LogP) is 3.78. The Hall–Kier alpha value is -4.28. The van der Waals surface area contributed by atoms with Crippen LogP contribution in [0.25, 0.3) is 0 Å². The fraction of sp³-hybridized carbons (Fsp3) is 0.0588. The Kier molecular flexibility index (Phi) is 5.25. The Labute approximate surface area is 158 Å². The summed E-state index contributed by atoms with van der Waals surface area (Å²) in [7, 11) is 0. The summed E-state index contributed by atoms with van der Waals surface area (Å²) in [6, 6.07) is 12.9. The molecule has 0 amide bonds. The molecular weight excluding hydrogens is 366 g/mol. The van der Waals surface area contributed by atoms with Gasteiger partial charge in [-0.25, -0.2) is 9.97 Å². The molecule has 11 nitrogen and oxygen atoms in total. The molecule has 0 radical (unpaired) electrons. The van der Waals surface area contributed by atoms with Gasteiger partial charge in [0.2, 0.25) is 11.6 Å². The van der Waals surface area contributed by atoms with E-state index >= 15 is 0 Å². The van der Waals surface area contributed by atoms with Gasteiger partial charge in [0.25, 0.3) is 5.69 Å². The van der Waals surface area contributed by atoms with Crippen LogP contribution in [0.3, 0.4) is 0 Å². The number of non-ortho nitro benzene ring substituents is 1. The first-order valence-corrected chi connectivity index (χ1v) is 8.04. The number of hydrogen-bond acceptors (Lipinski definition) is 9. The minimum atomic E-state index is -0.597. The molecule has 0 saturated heterocycles. The van der Waals surface area contributed by atoms with Crippen LogP contribution in [-0.2, 0) is 0 Å². The summed E-state index contributed by atoms with van der Waals surface area (Å²) in [6.45, 7) is 1.87. The van der Waals surface area contributed by atoms with Crippen molar-refractivity contribution in [1.29, 1.82) is 0 Å². The molecule has 0 unspecified atom stereocenters. The van der Waals surface area contributed by atoms with Gasteiger partial charge in [-0.05, 0) is 30.7 Å². The van der Waals surface area contributed by atoms with Crippen molar-refractivity contribution in [3.05, 3.63) is 80.7 Å². The molecule has 0 bridgehead atoms. The van der Waals surface area contributed by atoms with E-state index < -0.39 is 9.85 Å². The molecule has 0 fully saturated rings. The van der Waals surface area contributed by atoms with Crippen LogP contribution in [0.1, 0.15) is 5.56 Å². The monoisotopic (exact) mass is 381 g/mol. The summed E-state index contributed by atoms with van der Waals surface area (Å²) < 4.78 is 0. The molecule has 0 atom stereocenters. The molecule has 0 aliphatic rings. The van der Waals surface area contributed by atoms with Gasteiger partial charge in [0.15, 0.2) is 0 Å². The van der Waals surface area contributed by atoms with E-state index in [1.54, 1.807) is 12.1 Å². The second kappa shape index (κ2) is 7.95. The normalized spacial score (nSPS) is 10.2. The molecule has 0 spiro atoms. The lowest BCUT2D eigenvalue weighted by Crippen LogP contribution is -2.13. The van der Waals surface area contributed by atoms with Crippen LogP contribution in [0.15, 0.2) is 54.9 Å². The van der Waals surface area contributed by atoms with Crippen LogP contribution in [0.4, 0.5) is 34.4 Å². The molecule has 11 heteroatoms. The van der Waals surface area contributed by atoms with Gasteiger partial charge in [-0.1, -0.05) is 18.2 Å². The Morgan fingerprint density at radius 2 is 1.54 bits per heavy atom. The van der Waals surface area contributed by atoms with Gasteiger partial charge in [-0.2, -0.15) is 0 Å². The smallest absolute Gasteiger partial charge is 0.334 e. The lowest BCUT2D eigenvalue weighted by molar-refractivity contribution is -0.384. The molecule has 0 aliphatic heterocycles. The third kappa shape index (κ3) is 4.09. The number of nitro benzene ring substituents is 1. The van der Waals surface area contributed by atoms with Gasteiger partial charge in [0.1, 0.15) is 6.33 Å². The van der Waals surface area contributed by atoms with Crippen LogP contribution in [-0.4, -0.2) is 19.8 Å². The third-order valence-corrected chi connectivity index (χ3v) is 3.81. The zero-order valence-electron chi connectivity index (χ0n) is 14.6. The predicted molar refractivity (Wildman–Crippen MR) is 103 cm³/mol. The van der Waals surface area contributed by atoms with Crippen molar-refractivity contribution in [2.45, 2.75) is 6.92 Å². The zero-order valence-corrected chi connectivity index (χ0v) is 14.6. The molecule has 3 rings (SSSR count). The summed E-state index contributed by atoms with van der Waals surface area (Å²) in [4.78, 5) is 29.1. The van der Waals surface area contributed by atoms with Crippen molar-refractivity contribution in [2.75, 3.05) is 16.2 Å². The van der Waals surface area contributed by atoms with Crippen LogP contribution >= 0.6 is 0 Å². The molecule has 0 aliphatic carbocycles. The maximum Gasteiger partial charge on any atom is 0.355 e. The number of nitrogens with one attached hydrogen (secondary N) is 3. The number of rotatable bonds is 7. The van der Waals surface area contributed by atoms with E-state index in [4.69, 9.17) is 0 Å². The summed E-state index contributed by atoms with van der Waals surface area (Å²) in [5.41, 5.74) is 7.01. The minimum Gasteiger partial charge on any atom is -0.334 e. The summed E-state index contributed by atoms with van der Waals surface area (Å²) >= 11 is 0. The van der Waals surface area contributed by atoms with Crippen LogP contribution in [0.5, 0.6) is 0 Å². The maximum atomic E-state index is 11.6. The molecule has 3 aromatic rings. The number of para-hydroxylation sites is 1. The lowest BCUT2D eigenvalue weighted by atomic mass is 10.2. The number of benzene rings is 2. The Morgan fingerprint density at radius 1 is 0.857 bits per heavy atom. The van der Waals surface area contributed by atoms with Crippen molar-refractivity contribution in [2.24, 2.45) is 0 Å². The van der Waals surface area contributed by atoms with Gasteiger partial charge >= 0.3 is 5.69 Å². The molecule has 1 heterocycles. The highest BCUT2D eigenvalue weighted by Crippen LogP contribution is 2.32. The van der Waals surface area contributed by atoms with E-state index in [1.165, 1.54) is 30.6 Å². The number of hydrazine groups is 1. The van der Waals surface area contributed by atoms with Gasteiger partial charge in [0.05, 0.1) is 15.5 Å². The first-order valence-electron chi connectivity index (χ1n) is 8.04. The van der Waals surface area contributed by atoms with Gasteiger partial charge in [-0.3, -0.25) is 31.1 Å². The van der Waals surface area contributed by atoms with Crippen molar-refractivity contribution in [3.8, 4) is 0 Å². The van der Waals surface area contributed by atoms with Gasteiger partial charge in [0, 0.05) is 17.8 Å². The van der Waals surface area contributed by atoms with Gasteiger partial charge in [-0.15, -0.1) is 0 Å². The molecule has 1 aromatic heterocycles. The molecule has 28 heavy (non-hydrogen) atoms. The summed E-state index contributed by atoms with van der Waals surface area (Å²) in [5.74, 6) is -0.0308. The molecular formula is C17H15N7O4. The largest absolute Gasteiger partial charge is 0.355 e. The average Bonchev–Trinajstić information content (AvgIpc) is 2.68. The van der Waals surface area contributed by atoms with Crippen LogP contribution in [0, 0.1) is 27.2 Å². The maximum absolute atomic E-state index is 11.6. The SMILES string of the molecule is Cc1ccccc1Nc1ncnc(NNc2ccc([N+](=O)[O-])cc2)c1[N+](=O)[O-]. The van der Waals surface area contributed by atoms with Crippen molar-refractivity contribution in [3.63, 3.8) is 0 Å². The Balaban J connectivity index is 1.84. The van der Waals surface area contributed by atoms with Crippen LogP contribution < -0.4 is 16.2 Å². The van der Waals surface area contributed by atoms with E-state index in [0.717, 1.165) is 5.56 Å². The number of anilines is 4. The lowest BCUT2D eigenvalue weighted by Gasteiger charge is -2.12. The zero-order chi connectivity index (χ0) is 20.1. The quantitative estimate of drug-likeness (QED) is 0.410. The highest BCUT2D eigenvalue weighted by molar-refractivity contribution is 5.75. The van der Waals surface area contributed by atoms with E-state index in [0.29, 0.717) is 11.4 Å². The summed E-state index contributed by atoms with van der Waals surface area (Å²) in [6.07, 6.45) is 1.19. The van der Waals surface area contributed by atoms with E-state index in [1.807, 2.05) is 19.1 Å². The highest BCUT2D eigenvalue weighted by atomic mass is 16.6. The molecule has 0 saturated carbocycles. The Morgan fingerprint density at radius 3 is 2.18 bits per heavy atom. The number of hydrogen-bond donors (Lipinski definition) is 3. The second-order valence-corrected chi connectivity index (χ2v) is 5.67. The standard InChI is InChI=1S/C17H15N7O4/c1-11-4-2-3-5-14(11)20-16-15(24(27)28)17(19-10-18-16)22-21-12-6-8-13(9-7-12)23(25)26/h2-10,21H,1H3,(H2,18,19,20,22). The highest BCUT2D eigenvalue weighted by Gasteiger charge is 2.23. The fourth-order valence-corrected chi connectivity index (χ4v) is 2.37. The van der Waals surface area contributed by atoms with E-state index in [2.05, 4.69) is 26.1 Å². The second-order valence-electron chi connectivity index (χ2n) is 5.67. The van der Waals surface area contributed by atoms with Crippen molar-refractivity contribution >= 4 is 34.4 Å². The van der Waals surface area contributed by atoms with E-state index in [9.17, 15) is 20.2 Å². The topological polar surface area (TPSA) is 148 Å². The third-order valence-electron chi connectivity index (χ3n) is 3.81. The van der Waals surface area contributed by atoms with Gasteiger partial charge < -0.3 is 5.32 Å². The first kappa shape index (κ1) is 18.5. The number of nitro groups is 2. The van der Waals surface area contributed by atoms with E-state index in [-0.39, 0.29) is 23.0 Å².